The second kappa shape index (κ2) is 6.36. The lowest BCUT2D eigenvalue weighted by Gasteiger charge is -1.87. The average Bonchev–Trinajstić information content (AvgIpc) is 2.65. The van der Waals surface area contributed by atoms with E-state index in [0.29, 0.717) is 12.2 Å². The molecule has 0 aromatic carbocycles. The van der Waals surface area contributed by atoms with Gasteiger partial charge in [0, 0.05) is 24.5 Å². The highest BCUT2D eigenvalue weighted by atomic mass is 32.2. The molecule has 5 heteroatoms. The van der Waals surface area contributed by atoms with Crippen LogP contribution in [0.25, 0.3) is 0 Å². The number of carbonyl (C=O) groups excluding carboxylic acids is 1. The summed E-state index contributed by atoms with van der Waals surface area (Å²) < 4.78 is 0. The molecule has 0 saturated carbocycles. The van der Waals surface area contributed by atoms with Crippen molar-refractivity contribution in [2.24, 2.45) is 0 Å². The molecule has 1 rings (SSSR count). The summed E-state index contributed by atoms with van der Waals surface area (Å²) >= 11 is 2.56. The lowest BCUT2D eigenvalue weighted by atomic mass is 10.3. The Morgan fingerprint density at radius 3 is 2.88 bits per heavy atom. The third-order valence-corrected chi connectivity index (χ3v) is 3.25. The molecule has 1 aromatic rings. The maximum atomic E-state index is 10.6. The Morgan fingerprint density at radius 2 is 2.31 bits per heavy atom. The monoisotopic (exact) mass is 254 g/mol. The van der Waals surface area contributed by atoms with Crippen molar-refractivity contribution in [2.75, 3.05) is 5.75 Å². The van der Waals surface area contributed by atoms with Gasteiger partial charge in [0.1, 0.15) is 0 Å². The normalized spacial score (nSPS) is 9.31. The van der Waals surface area contributed by atoms with Gasteiger partial charge in [0.25, 0.3) is 0 Å². The molecule has 1 aromatic heterocycles. The van der Waals surface area contributed by atoms with Gasteiger partial charge in [0.15, 0.2) is 5.12 Å². The summed E-state index contributed by atoms with van der Waals surface area (Å²) in [5, 5.41) is 10.3. The largest absolute Gasteiger partial charge is 0.478 e. The molecule has 0 aliphatic carbocycles. The molecular formula is C11H10O3S2. The second-order valence-corrected chi connectivity index (χ2v) is 5.08. The first-order valence-electron chi connectivity index (χ1n) is 4.53. The van der Waals surface area contributed by atoms with E-state index >= 15 is 0 Å². The Kier molecular flexibility index (Phi) is 5.09. The molecule has 0 spiro atoms. The minimum Gasteiger partial charge on any atom is -0.478 e. The molecule has 0 unspecified atom stereocenters. The Labute approximate surface area is 102 Å². The summed E-state index contributed by atoms with van der Waals surface area (Å²) in [6.07, 6.45) is 0.630. The van der Waals surface area contributed by atoms with Crippen molar-refractivity contribution < 1.29 is 14.7 Å². The lowest BCUT2D eigenvalue weighted by Crippen LogP contribution is -1.91. The third-order valence-electron chi connectivity index (χ3n) is 1.59. The quantitative estimate of drug-likeness (QED) is 0.665. The summed E-state index contributed by atoms with van der Waals surface area (Å²) in [5.41, 5.74) is 0.271. The molecule has 1 N–H and O–H groups in total. The second-order valence-electron chi connectivity index (χ2n) is 2.90. The molecule has 84 valence electrons. The van der Waals surface area contributed by atoms with Crippen LogP contribution < -0.4 is 0 Å². The van der Waals surface area contributed by atoms with E-state index in [1.165, 1.54) is 30.0 Å². The smallest absolute Gasteiger partial charge is 0.336 e. The SMILES string of the molecule is CC(=O)SCCC#Cc1cc(C(=O)O)cs1. The van der Waals surface area contributed by atoms with E-state index < -0.39 is 5.97 Å². The van der Waals surface area contributed by atoms with Crippen LogP contribution >= 0.6 is 23.1 Å². The Hall–Kier alpha value is -1.25. The number of aromatic carboxylic acids is 1. The van der Waals surface area contributed by atoms with Crippen LogP contribution in [0.4, 0.5) is 0 Å². The minimum atomic E-state index is -0.934. The molecule has 1 heterocycles. The fraction of sp³-hybridized carbons (Fsp3) is 0.273. The van der Waals surface area contributed by atoms with Crippen LogP contribution in [0.2, 0.25) is 0 Å². The van der Waals surface area contributed by atoms with Crippen LogP contribution in [0.3, 0.4) is 0 Å². The van der Waals surface area contributed by atoms with E-state index in [-0.39, 0.29) is 10.7 Å². The van der Waals surface area contributed by atoms with Crippen LogP contribution in [0, 0.1) is 11.8 Å². The molecule has 0 amide bonds. The number of carboxylic acids is 1. The molecule has 16 heavy (non-hydrogen) atoms. The van der Waals surface area contributed by atoms with E-state index in [1.807, 2.05) is 0 Å². The lowest BCUT2D eigenvalue weighted by molar-refractivity contribution is -0.109. The zero-order valence-electron chi connectivity index (χ0n) is 8.65. The highest BCUT2D eigenvalue weighted by Crippen LogP contribution is 2.13. The molecule has 3 nitrogen and oxygen atoms in total. The first-order valence-corrected chi connectivity index (χ1v) is 6.40. The number of carboxylic acid groups (broad SMARTS) is 1. The first kappa shape index (κ1) is 12.8. The van der Waals surface area contributed by atoms with E-state index in [2.05, 4.69) is 11.8 Å². The highest BCUT2D eigenvalue weighted by molar-refractivity contribution is 8.13. The van der Waals surface area contributed by atoms with E-state index in [1.54, 1.807) is 11.4 Å². The number of hydrogen-bond acceptors (Lipinski definition) is 4. The molecule has 0 radical (unpaired) electrons. The summed E-state index contributed by atoms with van der Waals surface area (Å²) in [5.74, 6) is 5.52. The number of rotatable bonds is 3. The standard InChI is InChI=1S/C11H10O3S2/c1-8(12)15-5-3-2-4-10-6-9(7-16-10)11(13)14/h6-7H,3,5H2,1H3,(H,13,14). The first-order chi connectivity index (χ1) is 7.59. The number of hydrogen-bond donors (Lipinski definition) is 1. The predicted molar refractivity (Wildman–Crippen MR) is 65.9 cm³/mol. The summed E-state index contributed by atoms with van der Waals surface area (Å²) in [6, 6.07) is 1.55. The van der Waals surface area contributed by atoms with Crippen molar-refractivity contribution >= 4 is 34.2 Å². The summed E-state index contributed by atoms with van der Waals surface area (Å²) in [6.45, 7) is 1.52. The van der Waals surface area contributed by atoms with Gasteiger partial charge in [-0.15, -0.1) is 11.3 Å². The minimum absolute atomic E-state index is 0.0890. The zero-order valence-corrected chi connectivity index (χ0v) is 10.3. The van der Waals surface area contributed by atoms with Crippen LogP contribution in [0.5, 0.6) is 0 Å². The number of carbonyl (C=O) groups is 2. The van der Waals surface area contributed by atoms with Crippen molar-refractivity contribution in [3.05, 3.63) is 21.9 Å². The van der Waals surface area contributed by atoms with Gasteiger partial charge in [0.05, 0.1) is 10.4 Å². The van der Waals surface area contributed by atoms with Crippen LogP contribution in [-0.4, -0.2) is 21.9 Å². The van der Waals surface area contributed by atoms with Gasteiger partial charge in [-0.1, -0.05) is 23.6 Å². The predicted octanol–water partition coefficient (Wildman–Crippen LogP) is 2.47. The van der Waals surface area contributed by atoms with Gasteiger partial charge in [-0.25, -0.2) is 4.79 Å². The van der Waals surface area contributed by atoms with E-state index in [9.17, 15) is 9.59 Å². The number of thioether (sulfide) groups is 1. The molecule has 0 bridgehead atoms. The highest BCUT2D eigenvalue weighted by Gasteiger charge is 2.04. The van der Waals surface area contributed by atoms with Crippen LogP contribution in [0.1, 0.15) is 28.6 Å². The van der Waals surface area contributed by atoms with Crippen molar-refractivity contribution in [3.63, 3.8) is 0 Å². The maximum Gasteiger partial charge on any atom is 0.336 e. The van der Waals surface area contributed by atoms with Crippen molar-refractivity contribution in [3.8, 4) is 11.8 Å². The van der Waals surface area contributed by atoms with Crippen LogP contribution in [0.15, 0.2) is 11.4 Å². The van der Waals surface area contributed by atoms with Gasteiger partial charge in [-0.05, 0) is 6.07 Å². The number of thiophene rings is 1. The molecule has 0 aliphatic heterocycles. The Bertz CT molecular complexity index is 451. The van der Waals surface area contributed by atoms with E-state index in [4.69, 9.17) is 5.11 Å². The molecule has 0 aliphatic rings. The van der Waals surface area contributed by atoms with Crippen molar-refractivity contribution in [2.45, 2.75) is 13.3 Å². The van der Waals surface area contributed by atoms with E-state index in [0.717, 1.165) is 4.88 Å². The van der Waals surface area contributed by atoms with Gasteiger partial charge < -0.3 is 5.11 Å². The fourth-order valence-electron chi connectivity index (χ4n) is 0.909. The molecule has 0 atom stereocenters. The van der Waals surface area contributed by atoms with Crippen molar-refractivity contribution in [1.82, 2.24) is 0 Å². The van der Waals surface area contributed by atoms with Gasteiger partial charge >= 0.3 is 5.97 Å². The van der Waals surface area contributed by atoms with Gasteiger partial charge in [-0.2, -0.15) is 0 Å². The maximum absolute atomic E-state index is 10.6. The van der Waals surface area contributed by atoms with Crippen molar-refractivity contribution in [1.29, 1.82) is 0 Å². The van der Waals surface area contributed by atoms with Gasteiger partial charge in [0.2, 0.25) is 0 Å². The average molecular weight is 254 g/mol. The Morgan fingerprint density at radius 1 is 1.56 bits per heavy atom. The molecule has 0 fully saturated rings. The molecular weight excluding hydrogens is 244 g/mol. The summed E-state index contributed by atoms with van der Waals surface area (Å²) in [4.78, 5) is 21.9. The van der Waals surface area contributed by atoms with Gasteiger partial charge in [-0.3, -0.25) is 4.79 Å². The third kappa shape index (κ3) is 4.51. The Balaban J connectivity index is 2.44. The zero-order chi connectivity index (χ0) is 12.0. The fourth-order valence-corrected chi connectivity index (χ4v) is 2.15. The van der Waals surface area contributed by atoms with Crippen LogP contribution in [-0.2, 0) is 4.79 Å². The summed E-state index contributed by atoms with van der Waals surface area (Å²) in [7, 11) is 0. The molecule has 0 saturated heterocycles. The topological polar surface area (TPSA) is 54.4 Å².